The van der Waals surface area contributed by atoms with E-state index in [0.29, 0.717) is 23.1 Å². The average molecular weight is 451 g/mol. The maximum atomic E-state index is 11.8. The molecular weight excluding hydrogens is 427 g/mol. The summed E-state index contributed by atoms with van der Waals surface area (Å²) in [5, 5.41) is 0.760. The van der Waals surface area contributed by atoms with Crippen LogP contribution < -0.4 is 4.74 Å². The van der Waals surface area contributed by atoms with Crippen molar-refractivity contribution in [2.45, 2.75) is 25.0 Å². The van der Waals surface area contributed by atoms with Crippen molar-refractivity contribution < 1.29 is 20.4 Å². The van der Waals surface area contributed by atoms with Crippen LogP contribution in [-0.2, 0) is 11.5 Å². The first-order valence-corrected chi connectivity index (χ1v) is 12.2. The Bertz CT molecular complexity index is 993. The van der Waals surface area contributed by atoms with E-state index in [1.54, 1.807) is 19.4 Å². The summed E-state index contributed by atoms with van der Waals surface area (Å²) < 4.78 is 43.8. The van der Waals surface area contributed by atoms with Gasteiger partial charge in [0.25, 0.3) is 0 Å². The van der Waals surface area contributed by atoms with Crippen molar-refractivity contribution in [1.82, 2.24) is 9.88 Å². The Morgan fingerprint density at radius 1 is 1.39 bits per heavy atom. The minimum atomic E-state index is -5.44. The van der Waals surface area contributed by atoms with E-state index in [4.69, 9.17) is 8.56 Å². The Labute approximate surface area is 166 Å². The van der Waals surface area contributed by atoms with Crippen molar-refractivity contribution in [3.63, 3.8) is 0 Å². The Morgan fingerprint density at radius 2 is 2.21 bits per heavy atom. The van der Waals surface area contributed by atoms with Crippen molar-refractivity contribution in [3.05, 3.63) is 48.7 Å². The molecule has 28 heavy (non-hydrogen) atoms. The van der Waals surface area contributed by atoms with Crippen molar-refractivity contribution in [2.75, 3.05) is 20.2 Å². The third-order valence-electron chi connectivity index (χ3n) is 6.02. The van der Waals surface area contributed by atoms with E-state index in [1.165, 1.54) is 0 Å². The standard InChI is InChI=1S/C20H24N2O5Se/c1-3-13-12-22-9-7-14(13)10-19(22)20(27-28(23,24)25)16-6-8-21-18-5-4-15(26-2)11-17(16)18/h3-6,8,11,13-14,19-20H,1,7,9-10,12H2,2H3,(H,23,24,25)/t13-,14?,19-,20+/m0/s1. The Hall–Kier alpha value is -1.83. The second-order valence-corrected chi connectivity index (χ2v) is 9.67. The topological polar surface area (TPSA) is 89.0 Å². The second kappa shape index (κ2) is 7.54. The molecular formula is C20H24N2O5Se. The van der Waals surface area contributed by atoms with Gasteiger partial charge in [0.15, 0.2) is 0 Å². The second-order valence-electron chi connectivity index (χ2n) is 7.47. The van der Waals surface area contributed by atoms with E-state index in [0.717, 1.165) is 36.8 Å². The number of benzene rings is 1. The number of rotatable bonds is 6. The molecule has 2 bridgehead atoms. The number of piperidine rings is 3. The van der Waals surface area contributed by atoms with Crippen LogP contribution in [0.4, 0.5) is 0 Å². The van der Waals surface area contributed by atoms with Gasteiger partial charge in [-0.25, -0.2) is 0 Å². The SMILES string of the molecule is C=C[C@H]1CN2CCC1C[C@H]2[C@H](O[Se](=O)(=O)O)c1ccnc2ccc(OC)cc12. The first-order valence-electron chi connectivity index (χ1n) is 9.34. The molecule has 2 aromatic rings. The molecule has 0 aliphatic carbocycles. The molecule has 8 heteroatoms. The molecule has 3 aliphatic heterocycles. The van der Waals surface area contributed by atoms with E-state index in [9.17, 15) is 11.9 Å². The van der Waals surface area contributed by atoms with Crippen LogP contribution in [0, 0.1) is 11.8 Å². The third kappa shape index (κ3) is 3.71. The number of methoxy groups -OCH3 is 1. The monoisotopic (exact) mass is 452 g/mol. The number of aromatic nitrogens is 1. The zero-order valence-electron chi connectivity index (χ0n) is 15.7. The fourth-order valence-corrected chi connectivity index (χ4v) is 5.70. The molecule has 0 saturated carbocycles. The van der Waals surface area contributed by atoms with E-state index in [-0.39, 0.29) is 6.04 Å². The molecule has 1 aromatic carbocycles. The van der Waals surface area contributed by atoms with Gasteiger partial charge in [0, 0.05) is 0 Å². The average Bonchev–Trinajstić information content (AvgIpc) is 2.70. The van der Waals surface area contributed by atoms with Crippen LogP contribution in [0.25, 0.3) is 10.9 Å². The van der Waals surface area contributed by atoms with Gasteiger partial charge in [0.2, 0.25) is 0 Å². The number of hydrogen-bond donors (Lipinski definition) is 1. The van der Waals surface area contributed by atoms with E-state index in [1.807, 2.05) is 24.3 Å². The predicted molar refractivity (Wildman–Crippen MR) is 103 cm³/mol. The quantitative estimate of drug-likeness (QED) is 0.533. The van der Waals surface area contributed by atoms with Gasteiger partial charge in [0.05, 0.1) is 0 Å². The fraction of sp³-hybridized carbons (Fsp3) is 0.450. The summed E-state index contributed by atoms with van der Waals surface area (Å²) in [4.78, 5) is 6.63. The summed E-state index contributed by atoms with van der Waals surface area (Å²) in [6.45, 7) is 5.64. The van der Waals surface area contributed by atoms with Crippen LogP contribution in [-0.4, -0.2) is 53.7 Å². The molecule has 4 heterocycles. The summed E-state index contributed by atoms with van der Waals surface area (Å²) >= 11 is -5.44. The zero-order chi connectivity index (χ0) is 19.9. The van der Waals surface area contributed by atoms with Gasteiger partial charge >= 0.3 is 166 Å². The maximum absolute atomic E-state index is 11.8. The Morgan fingerprint density at radius 3 is 2.86 bits per heavy atom. The number of ether oxygens (including phenoxy) is 1. The van der Waals surface area contributed by atoms with Gasteiger partial charge in [-0.2, -0.15) is 0 Å². The van der Waals surface area contributed by atoms with Gasteiger partial charge in [0.1, 0.15) is 0 Å². The van der Waals surface area contributed by atoms with Crippen molar-refractivity contribution in [2.24, 2.45) is 11.8 Å². The fourth-order valence-electron chi connectivity index (χ4n) is 4.67. The molecule has 3 aliphatic rings. The predicted octanol–water partition coefficient (Wildman–Crippen LogP) is 2.49. The summed E-state index contributed by atoms with van der Waals surface area (Å²) in [7, 11) is 1.58. The molecule has 150 valence electrons. The summed E-state index contributed by atoms with van der Waals surface area (Å²) in [5.41, 5.74) is 1.41. The normalized spacial score (nSPS) is 28.2. The van der Waals surface area contributed by atoms with Crippen LogP contribution in [0.2, 0.25) is 0 Å². The van der Waals surface area contributed by atoms with Crippen molar-refractivity contribution in [1.29, 1.82) is 0 Å². The third-order valence-corrected chi connectivity index (χ3v) is 6.96. The van der Waals surface area contributed by atoms with Crippen LogP contribution in [0.5, 0.6) is 5.75 Å². The molecule has 0 radical (unpaired) electrons. The zero-order valence-corrected chi connectivity index (χ0v) is 17.4. The van der Waals surface area contributed by atoms with Crippen LogP contribution in [0.15, 0.2) is 43.1 Å². The molecule has 2 unspecified atom stereocenters. The molecule has 3 fully saturated rings. The summed E-state index contributed by atoms with van der Waals surface area (Å²) in [6, 6.07) is 7.09. The minimum absolute atomic E-state index is 0.140. The molecule has 5 rings (SSSR count). The van der Waals surface area contributed by atoms with E-state index < -0.39 is 19.5 Å². The van der Waals surface area contributed by atoms with E-state index >= 15 is 0 Å². The van der Waals surface area contributed by atoms with Gasteiger partial charge < -0.3 is 0 Å². The first-order chi connectivity index (χ1) is 13.4. The number of pyridine rings is 1. The van der Waals surface area contributed by atoms with Crippen molar-refractivity contribution in [3.8, 4) is 5.75 Å². The number of nitrogens with zero attached hydrogens (tertiary/aromatic N) is 2. The molecule has 5 atom stereocenters. The van der Waals surface area contributed by atoms with Crippen LogP contribution in [0.3, 0.4) is 0 Å². The Balaban J connectivity index is 1.80. The van der Waals surface area contributed by atoms with Gasteiger partial charge in [-0.15, -0.1) is 0 Å². The van der Waals surface area contributed by atoms with Gasteiger partial charge in [-0.05, 0) is 0 Å². The molecule has 1 aromatic heterocycles. The van der Waals surface area contributed by atoms with Gasteiger partial charge in [-0.3, -0.25) is 0 Å². The van der Waals surface area contributed by atoms with E-state index in [2.05, 4.69) is 16.5 Å². The molecule has 0 amide bonds. The summed E-state index contributed by atoms with van der Waals surface area (Å²) in [5.74, 6) is 1.49. The number of fused-ring (bicyclic) bond motifs is 4. The molecule has 3 saturated heterocycles. The number of hydrogen-bond acceptors (Lipinski definition) is 6. The first kappa shape index (κ1) is 19.5. The van der Waals surface area contributed by atoms with Crippen molar-refractivity contribution >= 4 is 24.3 Å². The molecule has 0 spiro atoms. The Kier molecular flexibility index (Phi) is 5.24. The van der Waals surface area contributed by atoms with Crippen LogP contribution >= 0.6 is 0 Å². The van der Waals surface area contributed by atoms with Crippen LogP contribution in [0.1, 0.15) is 24.5 Å². The summed E-state index contributed by atoms with van der Waals surface area (Å²) in [6.07, 6.45) is 4.68. The van der Waals surface area contributed by atoms with Gasteiger partial charge in [-0.1, -0.05) is 0 Å². The molecule has 1 N–H and O–H groups in total. The molecule has 7 nitrogen and oxygen atoms in total.